The zero-order chi connectivity index (χ0) is 18.4. The Morgan fingerprint density at radius 1 is 1.12 bits per heavy atom. The molecular weight excluding hydrogens is 416 g/mol. The first-order valence-corrected chi connectivity index (χ1v) is 11.0. The second-order valence-electron chi connectivity index (χ2n) is 6.25. The summed E-state index contributed by atoms with van der Waals surface area (Å²) in [4.78, 5) is 2.60. The fourth-order valence-corrected chi connectivity index (χ4v) is 5.10. The Balaban J connectivity index is 1.47. The van der Waals surface area contributed by atoms with E-state index in [1.807, 2.05) is 18.2 Å². The van der Waals surface area contributed by atoms with Crippen LogP contribution in [0.3, 0.4) is 0 Å². The molecule has 140 valence electrons. The Bertz CT molecular complexity index is 815. The van der Waals surface area contributed by atoms with Gasteiger partial charge in [0.05, 0.1) is 17.6 Å². The predicted octanol–water partition coefficient (Wildman–Crippen LogP) is 3.19. The predicted molar refractivity (Wildman–Crippen MR) is 106 cm³/mol. The molecule has 1 aliphatic rings. The molecule has 1 fully saturated rings. The fourth-order valence-electron chi connectivity index (χ4n) is 3.02. The molecule has 2 aromatic carbocycles. The summed E-state index contributed by atoms with van der Waals surface area (Å²) >= 11 is 3.29. The van der Waals surface area contributed by atoms with Crippen LogP contribution in [0.4, 0.5) is 0 Å². The lowest BCUT2D eigenvalue weighted by Gasteiger charge is -2.33. The molecule has 7 heteroatoms. The minimum atomic E-state index is -3.49. The van der Waals surface area contributed by atoms with Gasteiger partial charge in [0.25, 0.3) is 0 Å². The average molecular weight is 439 g/mol. The van der Waals surface area contributed by atoms with Crippen molar-refractivity contribution in [2.24, 2.45) is 0 Å². The lowest BCUT2D eigenvalue weighted by Crippen LogP contribution is -2.39. The molecule has 2 aromatic rings. The molecule has 0 aromatic heterocycles. The van der Waals surface area contributed by atoms with E-state index in [4.69, 9.17) is 4.74 Å². The van der Waals surface area contributed by atoms with Gasteiger partial charge < -0.3 is 4.74 Å². The molecule has 26 heavy (non-hydrogen) atoms. The standard InChI is InChI=1S/C19H23BrN2O3S/c20-17-9-4-5-10-19(17)26(23,24)21-11-6-12-22-13-14-25-18(15-22)16-7-2-1-3-8-16/h1-5,7-10,18,21H,6,11-15H2. The first kappa shape index (κ1) is 19.5. The molecule has 0 bridgehead atoms. The van der Waals surface area contributed by atoms with Gasteiger partial charge in [0.15, 0.2) is 0 Å². The van der Waals surface area contributed by atoms with Crippen LogP contribution in [0.1, 0.15) is 18.1 Å². The van der Waals surface area contributed by atoms with E-state index in [1.165, 1.54) is 5.56 Å². The minimum absolute atomic E-state index is 0.0851. The van der Waals surface area contributed by atoms with Gasteiger partial charge in [0, 0.05) is 24.1 Å². The van der Waals surface area contributed by atoms with E-state index < -0.39 is 10.0 Å². The van der Waals surface area contributed by atoms with Gasteiger partial charge in [-0.15, -0.1) is 0 Å². The number of nitrogens with one attached hydrogen (secondary N) is 1. The SMILES string of the molecule is O=S(=O)(NCCCN1CCOC(c2ccccc2)C1)c1ccccc1Br. The van der Waals surface area contributed by atoms with E-state index in [-0.39, 0.29) is 11.0 Å². The summed E-state index contributed by atoms with van der Waals surface area (Å²) in [5.74, 6) is 0. The maximum absolute atomic E-state index is 12.4. The first-order valence-electron chi connectivity index (χ1n) is 8.69. The number of ether oxygens (including phenoxy) is 1. The fraction of sp³-hybridized carbons (Fsp3) is 0.368. The van der Waals surface area contributed by atoms with Crippen LogP contribution in [0.15, 0.2) is 64.0 Å². The molecule has 1 aliphatic heterocycles. The Morgan fingerprint density at radius 2 is 1.85 bits per heavy atom. The maximum atomic E-state index is 12.4. The second-order valence-corrected chi connectivity index (χ2v) is 8.84. The lowest BCUT2D eigenvalue weighted by molar-refractivity contribution is -0.0300. The number of halogens is 1. The summed E-state index contributed by atoms with van der Waals surface area (Å²) < 4.78 is 33.9. The third-order valence-corrected chi connectivity index (χ3v) is 6.86. The Morgan fingerprint density at radius 3 is 2.62 bits per heavy atom. The highest BCUT2D eigenvalue weighted by Gasteiger charge is 2.22. The van der Waals surface area contributed by atoms with Crippen molar-refractivity contribution in [3.05, 3.63) is 64.6 Å². The van der Waals surface area contributed by atoms with Gasteiger partial charge in [-0.2, -0.15) is 0 Å². The minimum Gasteiger partial charge on any atom is -0.371 e. The molecule has 1 unspecified atom stereocenters. The van der Waals surface area contributed by atoms with Crippen LogP contribution in [-0.2, 0) is 14.8 Å². The van der Waals surface area contributed by atoms with Crippen LogP contribution >= 0.6 is 15.9 Å². The van der Waals surface area contributed by atoms with Gasteiger partial charge >= 0.3 is 0 Å². The van der Waals surface area contributed by atoms with Crippen molar-refractivity contribution in [3.63, 3.8) is 0 Å². The van der Waals surface area contributed by atoms with Crippen LogP contribution < -0.4 is 4.72 Å². The number of sulfonamides is 1. The number of hydrogen-bond acceptors (Lipinski definition) is 4. The van der Waals surface area contributed by atoms with Crippen molar-refractivity contribution in [1.82, 2.24) is 9.62 Å². The molecule has 1 heterocycles. The van der Waals surface area contributed by atoms with Crippen molar-refractivity contribution >= 4 is 26.0 Å². The van der Waals surface area contributed by atoms with E-state index >= 15 is 0 Å². The summed E-state index contributed by atoms with van der Waals surface area (Å²) in [6.07, 6.45) is 0.840. The molecular formula is C19H23BrN2O3S. The number of morpholine rings is 1. The smallest absolute Gasteiger partial charge is 0.241 e. The van der Waals surface area contributed by atoms with Gasteiger partial charge in [-0.05, 0) is 46.6 Å². The van der Waals surface area contributed by atoms with Crippen LogP contribution in [-0.4, -0.2) is 46.1 Å². The number of hydrogen-bond donors (Lipinski definition) is 1. The summed E-state index contributed by atoms with van der Waals surface area (Å²) in [7, 11) is -3.49. The molecule has 1 N–H and O–H groups in total. The Labute approximate surface area is 163 Å². The van der Waals surface area contributed by atoms with Crippen LogP contribution in [0.25, 0.3) is 0 Å². The molecule has 0 spiro atoms. The summed E-state index contributed by atoms with van der Waals surface area (Å²) in [5.41, 5.74) is 1.19. The van der Waals surface area contributed by atoms with Gasteiger partial charge in [0.1, 0.15) is 0 Å². The molecule has 0 radical (unpaired) electrons. The largest absolute Gasteiger partial charge is 0.371 e. The topological polar surface area (TPSA) is 58.6 Å². The molecule has 5 nitrogen and oxygen atoms in total. The highest BCUT2D eigenvalue weighted by atomic mass is 79.9. The third-order valence-electron chi connectivity index (χ3n) is 4.39. The summed E-state index contributed by atoms with van der Waals surface area (Å²) in [5, 5.41) is 0. The van der Waals surface area contributed by atoms with Crippen molar-refractivity contribution in [3.8, 4) is 0 Å². The zero-order valence-corrected chi connectivity index (χ0v) is 16.9. The third kappa shape index (κ3) is 5.14. The summed E-state index contributed by atoms with van der Waals surface area (Å²) in [6, 6.07) is 17.1. The van der Waals surface area contributed by atoms with E-state index in [0.717, 1.165) is 26.1 Å². The molecule has 0 amide bonds. The molecule has 3 rings (SSSR count). The van der Waals surface area contributed by atoms with Crippen LogP contribution in [0.5, 0.6) is 0 Å². The van der Waals surface area contributed by atoms with Crippen molar-refractivity contribution in [2.75, 3.05) is 32.8 Å². The molecule has 0 saturated carbocycles. The molecule has 0 aliphatic carbocycles. The normalized spacial score (nSPS) is 18.7. The monoisotopic (exact) mass is 438 g/mol. The van der Waals surface area contributed by atoms with Crippen LogP contribution in [0, 0.1) is 0 Å². The van der Waals surface area contributed by atoms with Gasteiger partial charge in [0.2, 0.25) is 10.0 Å². The Kier molecular flexibility index (Phi) is 6.83. The average Bonchev–Trinajstić information content (AvgIpc) is 2.66. The van der Waals surface area contributed by atoms with Crippen LogP contribution in [0.2, 0.25) is 0 Å². The molecule has 1 atom stereocenters. The number of rotatable bonds is 7. The van der Waals surface area contributed by atoms with E-state index in [9.17, 15) is 8.42 Å². The number of benzene rings is 2. The summed E-state index contributed by atoms with van der Waals surface area (Å²) in [6.45, 7) is 3.66. The maximum Gasteiger partial charge on any atom is 0.241 e. The van der Waals surface area contributed by atoms with Crippen molar-refractivity contribution < 1.29 is 13.2 Å². The quantitative estimate of drug-likeness (QED) is 0.674. The van der Waals surface area contributed by atoms with Gasteiger partial charge in [-0.25, -0.2) is 13.1 Å². The molecule has 1 saturated heterocycles. The van der Waals surface area contributed by atoms with E-state index in [2.05, 4.69) is 37.7 Å². The second kappa shape index (κ2) is 9.10. The van der Waals surface area contributed by atoms with Gasteiger partial charge in [-0.3, -0.25) is 4.90 Å². The van der Waals surface area contributed by atoms with E-state index in [1.54, 1.807) is 24.3 Å². The van der Waals surface area contributed by atoms with Gasteiger partial charge in [-0.1, -0.05) is 42.5 Å². The highest BCUT2D eigenvalue weighted by Crippen LogP contribution is 2.22. The first-order chi connectivity index (χ1) is 12.6. The lowest BCUT2D eigenvalue weighted by atomic mass is 10.1. The Hall–Kier alpha value is -1.25. The van der Waals surface area contributed by atoms with Crippen molar-refractivity contribution in [2.45, 2.75) is 17.4 Å². The highest BCUT2D eigenvalue weighted by molar-refractivity contribution is 9.10. The van der Waals surface area contributed by atoms with E-state index in [0.29, 0.717) is 17.6 Å². The zero-order valence-electron chi connectivity index (χ0n) is 14.5. The number of nitrogens with zero attached hydrogens (tertiary/aromatic N) is 1. The van der Waals surface area contributed by atoms with Crippen molar-refractivity contribution in [1.29, 1.82) is 0 Å².